The van der Waals surface area contributed by atoms with Crippen LogP contribution in [0.25, 0.3) is 0 Å². The fraction of sp³-hybridized carbons (Fsp3) is 0.533. The molecule has 0 bridgehead atoms. The number of nitrogens with two attached hydrogens (primary N) is 1. The molecule has 0 aromatic carbocycles. The molecule has 0 radical (unpaired) electrons. The van der Waals surface area contributed by atoms with Gasteiger partial charge in [-0.2, -0.15) is 0 Å². The highest BCUT2D eigenvalue weighted by atomic mass is 32.1. The second-order valence-corrected chi connectivity index (χ2v) is 6.46. The van der Waals surface area contributed by atoms with Crippen molar-refractivity contribution in [3.63, 3.8) is 0 Å². The Morgan fingerprint density at radius 1 is 1.65 bits per heavy atom. The molecule has 2 heterocycles. The van der Waals surface area contributed by atoms with Crippen molar-refractivity contribution < 1.29 is 9.53 Å². The predicted octanol–water partition coefficient (Wildman–Crippen LogP) is 1.70. The van der Waals surface area contributed by atoms with Crippen molar-refractivity contribution >= 4 is 17.2 Å². The minimum atomic E-state index is -0.312. The SMILES string of the molecule is CC1CN(C(=O)c2sccc2C#CCN)CC(C)(C)O1. The van der Waals surface area contributed by atoms with E-state index in [9.17, 15) is 4.79 Å². The van der Waals surface area contributed by atoms with Gasteiger partial charge in [0.05, 0.1) is 18.2 Å². The summed E-state index contributed by atoms with van der Waals surface area (Å²) in [6, 6.07) is 1.87. The third kappa shape index (κ3) is 3.40. The van der Waals surface area contributed by atoms with E-state index in [4.69, 9.17) is 10.5 Å². The number of morpholine rings is 1. The van der Waals surface area contributed by atoms with Gasteiger partial charge in [0.1, 0.15) is 4.88 Å². The van der Waals surface area contributed by atoms with Gasteiger partial charge in [-0.25, -0.2) is 0 Å². The zero-order chi connectivity index (χ0) is 14.8. The molecule has 2 N–H and O–H groups in total. The van der Waals surface area contributed by atoms with Crippen LogP contribution >= 0.6 is 11.3 Å². The van der Waals surface area contributed by atoms with Crippen LogP contribution in [0, 0.1) is 11.8 Å². The van der Waals surface area contributed by atoms with E-state index in [2.05, 4.69) is 11.8 Å². The van der Waals surface area contributed by atoms with Crippen molar-refractivity contribution in [2.75, 3.05) is 19.6 Å². The summed E-state index contributed by atoms with van der Waals surface area (Å²) < 4.78 is 5.83. The lowest BCUT2D eigenvalue weighted by Crippen LogP contribution is -2.53. The molecule has 1 unspecified atom stereocenters. The van der Waals surface area contributed by atoms with Crippen LogP contribution in [-0.4, -0.2) is 42.1 Å². The summed E-state index contributed by atoms with van der Waals surface area (Å²) in [5.41, 5.74) is 5.84. The highest BCUT2D eigenvalue weighted by molar-refractivity contribution is 7.12. The molecule has 1 aliphatic heterocycles. The lowest BCUT2D eigenvalue weighted by molar-refractivity contribution is -0.118. The number of amides is 1. The first kappa shape index (κ1) is 15.0. The van der Waals surface area contributed by atoms with Crippen LogP contribution in [0.3, 0.4) is 0 Å². The van der Waals surface area contributed by atoms with Gasteiger partial charge >= 0.3 is 0 Å². The van der Waals surface area contributed by atoms with Crippen molar-refractivity contribution in [2.45, 2.75) is 32.5 Å². The maximum Gasteiger partial charge on any atom is 0.265 e. The summed E-state index contributed by atoms with van der Waals surface area (Å²) in [6.07, 6.45) is 0.0428. The standard InChI is InChI=1S/C15H20N2O2S/c1-11-9-17(10-15(2,3)19-11)14(18)13-12(5-4-7-16)6-8-20-13/h6,8,11H,7,9-10,16H2,1-3H3. The topological polar surface area (TPSA) is 55.6 Å². The molecule has 20 heavy (non-hydrogen) atoms. The monoisotopic (exact) mass is 292 g/mol. The first-order valence-electron chi connectivity index (χ1n) is 6.66. The quantitative estimate of drug-likeness (QED) is 0.802. The Labute approximate surface area is 123 Å². The minimum absolute atomic E-state index is 0.0320. The average Bonchev–Trinajstić information content (AvgIpc) is 2.81. The third-order valence-electron chi connectivity index (χ3n) is 3.04. The van der Waals surface area contributed by atoms with E-state index in [1.165, 1.54) is 11.3 Å². The molecule has 1 amide bonds. The summed E-state index contributed by atoms with van der Waals surface area (Å²) in [5, 5.41) is 1.89. The number of carbonyl (C=O) groups excluding carboxylic acids is 1. The van der Waals surface area contributed by atoms with E-state index in [0.717, 1.165) is 5.56 Å². The lowest BCUT2D eigenvalue weighted by Gasteiger charge is -2.41. The van der Waals surface area contributed by atoms with Crippen LogP contribution in [0.1, 0.15) is 36.0 Å². The number of ether oxygens (including phenoxy) is 1. The first-order valence-corrected chi connectivity index (χ1v) is 7.54. The fourth-order valence-corrected chi connectivity index (χ4v) is 3.29. The Morgan fingerprint density at radius 2 is 2.40 bits per heavy atom. The molecular weight excluding hydrogens is 272 g/mol. The third-order valence-corrected chi connectivity index (χ3v) is 3.94. The molecule has 1 fully saturated rings. The molecule has 1 aliphatic rings. The largest absolute Gasteiger partial charge is 0.369 e. The molecule has 108 valence electrons. The normalized spacial score (nSPS) is 21.2. The average molecular weight is 292 g/mol. The number of hydrogen-bond acceptors (Lipinski definition) is 4. The van der Waals surface area contributed by atoms with Crippen LogP contribution in [-0.2, 0) is 4.74 Å². The van der Waals surface area contributed by atoms with Crippen molar-refractivity contribution in [2.24, 2.45) is 5.73 Å². The molecule has 0 spiro atoms. The Bertz CT molecular complexity index is 554. The second kappa shape index (κ2) is 5.96. The van der Waals surface area contributed by atoms with Crippen LogP contribution < -0.4 is 5.73 Å². The first-order chi connectivity index (χ1) is 9.43. The van der Waals surface area contributed by atoms with Crippen LogP contribution in [0.15, 0.2) is 11.4 Å². The Morgan fingerprint density at radius 3 is 3.05 bits per heavy atom. The van der Waals surface area contributed by atoms with Gasteiger partial charge in [-0.15, -0.1) is 11.3 Å². The van der Waals surface area contributed by atoms with Gasteiger partial charge < -0.3 is 15.4 Å². The molecule has 0 aliphatic carbocycles. The van der Waals surface area contributed by atoms with Crippen molar-refractivity contribution in [3.8, 4) is 11.8 Å². The van der Waals surface area contributed by atoms with Crippen LogP contribution in [0.2, 0.25) is 0 Å². The molecule has 1 atom stereocenters. The van der Waals surface area contributed by atoms with Crippen molar-refractivity contribution in [1.29, 1.82) is 0 Å². The number of carbonyl (C=O) groups is 1. The van der Waals surface area contributed by atoms with Gasteiger partial charge in [-0.3, -0.25) is 4.79 Å². The summed E-state index contributed by atoms with van der Waals surface area (Å²) in [6.45, 7) is 7.51. The van der Waals surface area contributed by atoms with Crippen LogP contribution in [0.5, 0.6) is 0 Å². The molecule has 5 heteroatoms. The molecule has 0 saturated carbocycles. The summed E-state index contributed by atoms with van der Waals surface area (Å²) in [4.78, 5) is 15.2. The van der Waals surface area contributed by atoms with E-state index < -0.39 is 0 Å². The number of rotatable bonds is 1. The molecular formula is C15H20N2O2S. The highest BCUT2D eigenvalue weighted by Gasteiger charge is 2.34. The number of hydrogen-bond donors (Lipinski definition) is 1. The molecule has 4 nitrogen and oxygen atoms in total. The van der Waals surface area contributed by atoms with Gasteiger partial charge in [0.25, 0.3) is 5.91 Å². The van der Waals surface area contributed by atoms with E-state index in [1.807, 2.05) is 37.1 Å². The van der Waals surface area contributed by atoms with Gasteiger partial charge in [-0.05, 0) is 32.2 Å². The molecule has 1 aromatic rings. The number of thiophene rings is 1. The summed E-state index contributed by atoms with van der Waals surface area (Å²) in [5.74, 6) is 5.80. The maximum atomic E-state index is 12.7. The second-order valence-electron chi connectivity index (χ2n) is 5.54. The highest BCUT2D eigenvalue weighted by Crippen LogP contribution is 2.25. The van der Waals surface area contributed by atoms with Gasteiger partial charge in [-0.1, -0.05) is 11.8 Å². The summed E-state index contributed by atoms with van der Waals surface area (Å²) >= 11 is 1.43. The predicted molar refractivity (Wildman–Crippen MR) is 80.8 cm³/mol. The molecule has 1 saturated heterocycles. The van der Waals surface area contributed by atoms with Crippen LogP contribution in [0.4, 0.5) is 0 Å². The zero-order valence-electron chi connectivity index (χ0n) is 12.1. The van der Waals surface area contributed by atoms with E-state index in [-0.39, 0.29) is 17.6 Å². The Kier molecular flexibility index (Phi) is 4.48. The van der Waals surface area contributed by atoms with Crippen molar-refractivity contribution in [1.82, 2.24) is 4.90 Å². The lowest BCUT2D eigenvalue weighted by atomic mass is 10.1. The van der Waals surface area contributed by atoms with Gasteiger partial charge in [0.2, 0.25) is 0 Å². The zero-order valence-corrected chi connectivity index (χ0v) is 12.9. The Balaban J connectivity index is 2.21. The van der Waals surface area contributed by atoms with E-state index >= 15 is 0 Å². The van der Waals surface area contributed by atoms with Gasteiger partial charge in [0, 0.05) is 18.7 Å². The smallest absolute Gasteiger partial charge is 0.265 e. The number of nitrogens with zero attached hydrogens (tertiary/aromatic N) is 1. The Hall–Kier alpha value is -1.35. The fourth-order valence-electron chi connectivity index (χ4n) is 2.47. The molecule has 2 rings (SSSR count). The molecule has 1 aromatic heterocycles. The van der Waals surface area contributed by atoms with Gasteiger partial charge in [0.15, 0.2) is 0 Å². The summed E-state index contributed by atoms with van der Waals surface area (Å²) in [7, 11) is 0. The minimum Gasteiger partial charge on any atom is -0.369 e. The van der Waals surface area contributed by atoms with Crippen molar-refractivity contribution in [3.05, 3.63) is 21.9 Å². The van der Waals surface area contributed by atoms with E-state index in [1.54, 1.807) is 0 Å². The van der Waals surface area contributed by atoms with E-state index in [0.29, 0.717) is 24.5 Å². The maximum absolute atomic E-state index is 12.7.